The number of nitrogens with one attached hydrogen (secondary N) is 2. The fourth-order valence-corrected chi connectivity index (χ4v) is 2.71. The molecule has 3 rings (SSSR count). The van der Waals surface area contributed by atoms with Gasteiger partial charge in [-0.25, -0.2) is 4.98 Å². The average Bonchev–Trinajstić information content (AvgIpc) is 2.85. The van der Waals surface area contributed by atoms with Gasteiger partial charge in [0.05, 0.1) is 12.8 Å². The Morgan fingerprint density at radius 3 is 3.05 bits per heavy atom. The third kappa shape index (κ3) is 2.75. The summed E-state index contributed by atoms with van der Waals surface area (Å²) >= 11 is 0. The highest BCUT2D eigenvalue weighted by Gasteiger charge is 2.33. The van der Waals surface area contributed by atoms with E-state index in [2.05, 4.69) is 15.2 Å². The highest BCUT2D eigenvalue weighted by atomic mass is 19.4. The molecule has 1 fully saturated rings. The Balaban J connectivity index is 1.88. The molecule has 0 saturated carbocycles. The second-order valence-corrected chi connectivity index (χ2v) is 5.28. The number of halogens is 3. The van der Waals surface area contributed by atoms with Gasteiger partial charge in [-0.2, -0.15) is 13.2 Å². The molecule has 1 amide bonds. The van der Waals surface area contributed by atoms with Crippen molar-refractivity contribution in [1.82, 2.24) is 10.3 Å². The number of nitrogens with zero attached hydrogens (tertiary/aromatic N) is 2. The molecule has 1 aromatic heterocycles. The Labute approximate surface area is 124 Å². The lowest BCUT2D eigenvalue weighted by Crippen LogP contribution is -2.36. The Bertz CT molecular complexity index is 606. The van der Waals surface area contributed by atoms with Crippen LogP contribution in [-0.2, 0) is 0 Å². The fraction of sp³-hybridized carbons (Fsp3) is 0.538. The van der Waals surface area contributed by atoms with Crippen LogP contribution in [0.5, 0.6) is 5.75 Å². The number of aromatic nitrogens is 1. The minimum Gasteiger partial charge on any atom is -0.494 e. The molecule has 2 aliphatic rings. The van der Waals surface area contributed by atoms with Crippen molar-refractivity contribution in [3.63, 3.8) is 0 Å². The van der Waals surface area contributed by atoms with Gasteiger partial charge in [0.1, 0.15) is 6.54 Å². The van der Waals surface area contributed by atoms with Crippen LogP contribution >= 0.6 is 0 Å². The van der Waals surface area contributed by atoms with Crippen molar-refractivity contribution in [2.45, 2.75) is 18.6 Å². The van der Waals surface area contributed by atoms with Gasteiger partial charge in [0, 0.05) is 25.2 Å². The van der Waals surface area contributed by atoms with Crippen LogP contribution in [0.2, 0.25) is 0 Å². The molecule has 2 bridgehead atoms. The van der Waals surface area contributed by atoms with Crippen molar-refractivity contribution >= 4 is 17.4 Å². The lowest BCUT2D eigenvalue weighted by molar-refractivity contribution is -0.123. The van der Waals surface area contributed by atoms with Crippen molar-refractivity contribution in [3.8, 4) is 5.75 Å². The summed E-state index contributed by atoms with van der Waals surface area (Å²) in [5.74, 6) is -0.246. The Morgan fingerprint density at radius 2 is 2.36 bits per heavy atom. The molecule has 1 aromatic rings. The first-order valence-corrected chi connectivity index (χ1v) is 6.83. The molecule has 0 aromatic carbocycles. The van der Waals surface area contributed by atoms with Gasteiger partial charge in [0.2, 0.25) is 0 Å². The predicted octanol–water partition coefficient (Wildman–Crippen LogP) is 1.39. The van der Waals surface area contributed by atoms with Gasteiger partial charge in [-0.15, -0.1) is 0 Å². The van der Waals surface area contributed by atoms with Gasteiger partial charge in [0.15, 0.2) is 17.3 Å². The van der Waals surface area contributed by atoms with E-state index in [9.17, 15) is 18.0 Å². The van der Waals surface area contributed by atoms with Crippen LogP contribution in [0.15, 0.2) is 6.07 Å². The zero-order valence-corrected chi connectivity index (χ0v) is 11.8. The first-order valence-electron chi connectivity index (χ1n) is 6.83. The van der Waals surface area contributed by atoms with Gasteiger partial charge in [0.25, 0.3) is 5.91 Å². The number of ether oxygens (including phenoxy) is 1. The molecule has 6 nitrogen and oxygen atoms in total. The van der Waals surface area contributed by atoms with Crippen LogP contribution in [-0.4, -0.2) is 49.9 Å². The normalized spacial score (nSPS) is 19.5. The van der Waals surface area contributed by atoms with Gasteiger partial charge in [-0.3, -0.25) is 4.79 Å². The van der Waals surface area contributed by atoms with E-state index >= 15 is 0 Å². The minimum absolute atomic E-state index is 0.152. The van der Waals surface area contributed by atoms with E-state index in [-0.39, 0.29) is 17.5 Å². The van der Waals surface area contributed by atoms with E-state index in [1.807, 2.05) is 5.32 Å². The molecular formula is C13H15F3N4O2. The Hall–Kier alpha value is -2.19. The molecule has 0 aliphatic carbocycles. The van der Waals surface area contributed by atoms with Gasteiger partial charge >= 0.3 is 6.18 Å². The quantitative estimate of drug-likeness (QED) is 0.882. The zero-order chi connectivity index (χ0) is 15.9. The molecule has 0 spiro atoms. The van der Waals surface area contributed by atoms with Crippen LogP contribution in [0, 0.1) is 0 Å². The summed E-state index contributed by atoms with van der Waals surface area (Å²) in [5, 5.41) is 5.01. The summed E-state index contributed by atoms with van der Waals surface area (Å²) in [6.45, 7) is 0.308. The first kappa shape index (κ1) is 14.7. The van der Waals surface area contributed by atoms with Crippen molar-refractivity contribution < 1.29 is 22.7 Å². The van der Waals surface area contributed by atoms with Crippen LogP contribution in [0.3, 0.4) is 0 Å². The topological polar surface area (TPSA) is 66.5 Å². The minimum atomic E-state index is -4.47. The monoisotopic (exact) mass is 316 g/mol. The molecule has 3 heterocycles. The van der Waals surface area contributed by atoms with Crippen LogP contribution < -0.4 is 20.3 Å². The molecule has 1 unspecified atom stereocenters. The van der Waals surface area contributed by atoms with E-state index in [1.54, 1.807) is 6.07 Å². The first-order chi connectivity index (χ1) is 10.4. The number of hydrogen-bond donors (Lipinski definition) is 2. The molecule has 2 N–H and O–H groups in total. The number of carbonyl (C=O) groups is 1. The van der Waals surface area contributed by atoms with Crippen molar-refractivity contribution in [2.24, 2.45) is 0 Å². The molecule has 22 heavy (non-hydrogen) atoms. The number of amides is 1. The number of hydrogen-bond acceptors (Lipinski definition) is 5. The smallest absolute Gasteiger partial charge is 0.405 e. The molecule has 1 saturated heterocycles. The highest BCUT2D eigenvalue weighted by Crippen LogP contribution is 2.37. The van der Waals surface area contributed by atoms with E-state index in [4.69, 9.17) is 4.74 Å². The number of carbonyl (C=O) groups excluding carboxylic acids is 1. The summed E-state index contributed by atoms with van der Waals surface area (Å²) in [4.78, 5) is 18.2. The maximum Gasteiger partial charge on any atom is 0.405 e. The van der Waals surface area contributed by atoms with E-state index in [0.29, 0.717) is 5.82 Å². The Kier molecular flexibility index (Phi) is 3.50. The van der Waals surface area contributed by atoms with Gasteiger partial charge in [-0.1, -0.05) is 0 Å². The largest absolute Gasteiger partial charge is 0.494 e. The van der Waals surface area contributed by atoms with Crippen LogP contribution in [0.4, 0.5) is 24.7 Å². The van der Waals surface area contributed by atoms with E-state index < -0.39 is 18.6 Å². The maximum atomic E-state index is 12.2. The van der Waals surface area contributed by atoms with Crippen LogP contribution in [0.1, 0.15) is 16.9 Å². The molecule has 9 heteroatoms. The fourth-order valence-electron chi connectivity index (χ4n) is 2.71. The average molecular weight is 316 g/mol. The maximum absolute atomic E-state index is 12.2. The van der Waals surface area contributed by atoms with Gasteiger partial charge in [-0.05, 0) is 6.42 Å². The van der Waals surface area contributed by atoms with Crippen molar-refractivity contribution in [2.75, 3.05) is 37.0 Å². The highest BCUT2D eigenvalue weighted by molar-refractivity contribution is 5.96. The number of fused-ring (bicyclic) bond motifs is 4. The summed E-state index contributed by atoms with van der Waals surface area (Å²) in [6.07, 6.45) is -3.52. The number of alkyl halides is 3. The number of methoxy groups -OCH3 is 1. The van der Waals surface area contributed by atoms with Crippen molar-refractivity contribution in [3.05, 3.63) is 11.8 Å². The summed E-state index contributed by atoms with van der Waals surface area (Å²) in [5.41, 5.74) is 0.651. The van der Waals surface area contributed by atoms with E-state index in [0.717, 1.165) is 25.2 Å². The standard InChI is InChI=1S/C13H15F3N4O2/c1-22-9-4-8-11(18-7-2-3-20(8)5-7)19-10(9)12(21)17-6-13(14,15)16/h4,7H,2-3,5-6H2,1H3,(H,17,21)(H,18,19). The summed E-state index contributed by atoms with van der Waals surface area (Å²) in [6, 6.07) is 1.89. The summed E-state index contributed by atoms with van der Waals surface area (Å²) < 4.78 is 41.8. The third-order valence-corrected chi connectivity index (χ3v) is 3.72. The lowest BCUT2D eigenvalue weighted by atomic mass is 10.2. The second kappa shape index (κ2) is 5.22. The number of rotatable bonds is 3. The van der Waals surface area contributed by atoms with E-state index in [1.165, 1.54) is 7.11 Å². The predicted molar refractivity (Wildman–Crippen MR) is 73.4 cm³/mol. The van der Waals surface area contributed by atoms with Crippen molar-refractivity contribution in [1.29, 1.82) is 0 Å². The third-order valence-electron chi connectivity index (χ3n) is 3.72. The SMILES string of the molecule is COc1cc2c(nc1C(=O)NCC(F)(F)F)NC1CCN2C1. The van der Waals surface area contributed by atoms with Crippen LogP contribution in [0.25, 0.3) is 0 Å². The molecular weight excluding hydrogens is 301 g/mol. The summed E-state index contributed by atoms with van der Waals surface area (Å²) in [7, 11) is 1.35. The molecule has 120 valence electrons. The molecule has 1 atom stereocenters. The molecule has 0 radical (unpaired) electrons. The Morgan fingerprint density at radius 1 is 1.59 bits per heavy atom. The van der Waals surface area contributed by atoms with Gasteiger partial charge < -0.3 is 20.3 Å². The number of pyridine rings is 1. The molecule has 2 aliphatic heterocycles. The number of anilines is 2. The zero-order valence-electron chi connectivity index (χ0n) is 11.8. The second-order valence-electron chi connectivity index (χ2n) is 5.28. The lowest BCUT2D eigenvalue weighted by Gasteiger charge is -2.28.